The van der Waals surface area contributed by atoms with Gasteiger partial charge in [-0.15, -0.1) is 0 Å². The predicted octanol–water partition coefficient (Wildman–Crippen LogP) is -0.582. The number of aromatic nitrogens is 2. The van der Waals surface area contributed by atoms with Crippen molar-refractivity contribution in [2.75, 3.05) is 0 Å². The van der Waals surface area contributed by atoms with Crippen LogP contribution >= 0.6 is 0 Å². The summed E-state index contributed by atoms with van der Waals surface area (Å²) in [4.78, 5) is 0. The van der Waals surface area contributed by atoms with Gasteiger partial charge < -0.3 is 17.0 Å². The molecule has 0 spiro atoms. The van der Waals surface area contributed by atoms with Gasteiger partial charge in [0.05, 0.1) is 18.2 Å². The van der Waals surface area contributed by atoms with Crippen molar-refractivity contribution in [1.29, 1.82) is 5.26 Å². The van der Waals surface area contributed by atoms with Crippen LogP contribution in [0.4, 0.5) is 0 Å². The van der Waals surface area contributed by atoms with E-state index in [1.165, 1.54) is 5.82 Å². The van der Waals surface area contributed by atoms with Crippen LogP contribution in [0.5, 0.6) is 0 Å². The Morgan fingerprint density at radius 1 is 1.37 bits per heavy atom. The largest absolute Gasteiger partial charge is 1.00 e. The molecule has 0 unspecified atom stereocenters. The quantitative estimate of drug-likeness (QED) is 0.694. The van der Waals surface area contributed by atoms with E-state index < -0.39 is 0 Å². The number of halogens is 1. The number of hydrogen-bond acceptors (Lipinski definition) is 1. The Morgan fingerprint density at radius 3 is 2.84 bits per heavy atom. The maximum atomic E-state index is 8.90. The highest BCUT2D eigenvalue weighted by Gasteiger charge is 2.11. The van der Waals surface area contributed by atoms with Gasteiger partial charge in [0.15, 0.2) is 0 Å². The Hall–Kier alpha value is -1.60. The van der Waals surface area contributed by atoms with Gasteiger partial charge in [-0.2, -0.15) is 5.26 Å². The topological polar surface area (TPSA) is 32.6 Å². The molecule has 0 atom stereocenters. The van der Waals surface area contributed by atoms with Crippen LogP contribution in [0.15, 0.2) is 36.7 Å². The Morgan fingerprint density at radius 2 is 2.16 bits per heavy atom. The Bertz CT molecular complexity index is 581. The van der Waals surface area contributed by atoms with E-state index >= 15 is 0 Å². The van der Waals surface area contributed by atoms with Crippen LogP contribution in [0, 0.1) is 18.3 Å². The third-order valence-corrected chi connectivity index (χ3v) is 3.13. The molecule has 1 heterocycles. The summed E-state index contributed by atoms with van der Waals surface area (Å²) >= 11 is 0. The first-order valence-corrected chi connectivity index (χ1v) is 6.29. The molecule has 0 aliphatic rings. The van der Waals surface area contributed by atoms with Crippen LogP contribution in [0.1, 0.15) is 30.3 Å². The SMILES string of the molecule is CCCn1cc[n+](Cc2cccc(C#N)c2)c1C.[Br-]. The van der Waals surface area contributed by atoms with Gasteiger partial charge in [0.1, 0.15) is 18.9 Å². The second-order valence-electron chi connectivity index (χ2n) is 4.48. The molecular weight excluding hydrogens is 302 g/mol. The van der Waals surface area contributed by atoms with Crippen LogP contribution < -0.4 is 21.5 Å². The van der Waals surface area contributed by atoms with Gasteiger partial charge in [0.2, 0.25) is 0 Å². The first-order chi connectivity index (χ1) is 8.74. The molecule has 19 heavy (non-hydrogen) atoms. The van der Waals surface area contributed by atoms with Gasteiger partial charge in [0, 0.05) is 6.92 Å². The molecule has 0 aliphatic carbocycles. The van der Waals surface area contributed by atoms with E-state index in [1.807, 2.05) is 18.2 Å². The monoisotopic (exact) mass is 319 g/mol. The number of nitrogens with zero attached hydrogens (tertiary/aromatic N) is 3. The number of rotatable bonds is 4. The lowest BCUT2D eigenvalue weighted by Crippen LogP contribution is -3.00. The maximum Gasteiger partial charge on any atom is 0.253 e. The second kappa shape index (κ2) is 7.10. The molecule has 0 N–H and O–H groups in total. The summed E-state index contributed by atoms with van der Waals surface area (Å²) in [5.74, 6) is 1.25. The zero-order valence-electron chi connectivity index (χ0n) is 11.3. The molecule has 100 valence electrons. The molecule has 0 bridgehead atoms. The normalized spacial score (nSPS) is 9.74. The average molecular weight is 320 g/mol. The standard InChI is InChI=1S/C15H18N3.BrH/c1-3-7-17-8-9-18(13(17)2)12-15-6-4-5-14(10-15)11-16;/h4-6,8-10H,3,7,12H2,1-2H3;1H/q+1;/p-1. The number of nitriles is 1. The van der Waals surface area contributed by atoms with Crippen LogP contribution in [-0.4, -0.2) is 4.57 Å². The molecule has 0 saturated carbocycles. The molecule has 1 aromatic heterocycles. The molecule has 4 heteroatoms. The van der Waals surface area contributed by atoms with Gasteiger partial charge >= 0.3 is 0 Å². The first-order valence-electron chi connectivity index (χ1n) is 6.29. The highest BCUT2D eigenvalue weighted by Crippen LogP contribution is 2.05. The average Bonchev–Trinajstić information content (AvgIpc) is 2.72. The fourth-order valence-electron chi connectivity index (χ4n) is 2.12. The van der Waals surface area contributed by atoms with Gasteiger partial charge in [-0.05, 0) is 24.1 Å². The molecule has 0 amide bonds. The van der Waals surface area contributed by atoms with Crippen molar-refractivity contribution in [2.45, 2.75) is 33.4 Å². The van der Waals surface area contributed by atoms with Gasteiger partial charge in [-0.3, -0.25) is 0 Å². The van der Waals surface area contributed by atoms with E-state index in [9.17, 15) is 0 Å². The summed E-state index contributed by atoms with van der Waals surface area (Å²) in [6, 6.07) is 9.96. The molecule has 0 fully saturated rings. The Kier molecular flexibility index (Phi) is 5.78. The lowest BCUT2D eigenvalue weighted by Gasteiger charge is -2.01. The molecule has 0 aliphatic heterocycles. The summed E-state index contributed by atoms with van der Waals surface area (Å²) in [5, 5.41) is 8.90. The van der Waals surface area contributed by atoms with E-state index in [-0.39, 0.29) is 17.0 Å². The Labute approximate surface area is 124 Å². The van der Waals surface area contributed by atoms with E-state index in [4.69, 9.17) is 5.26 Å². The molecule has 3 nitrogen and oxygen atoms in total. The predicted molar refractivity (Wildman–Crippen MR) is 69.9 cm³/mol. The van der Waals surface area contributed by atoms with Crippen molar-refractivity contribution >= 4 is 0 Å². The summed E-state index contributed by atoms with van der Waals surface area (Å²) in [6.45, 7) is 6.18. The maximum absolute atomic E-state index is 8.90. The number of aryl methyl sites for hydroxylation is 1. The van der Waals surface area contributed by atoms with Crippen LogP contribution in [0.2, 0.25) is 0 Å². The van der Waals surface area contributed by atoms with Crippen LogP contribution in [-0.2, 0) is 13.1 Å². The smallest absolute Gasteiger partial charge is 0.253 e. The molecule has 1 aromatic carbocycles. The summed E-state index contributed by atoms with van der Waals surface area (Å²) in [5.41, 5.74) is 1.88. The van der Waals surface area contributed by atoms with Crippen molar-refractivity contribution in [3.8, 4) is 6.07 Å². The third kappa shape index (κ3) is 3.68. The van der Waals surface area contributed by atoms with Crippen molar-refractivity contribution in [1.82, 2.24) is 4.57 Å². The number of benzene rings is 1. The van der Waals surface area contributed by atoms with Crippen molar-refractivity contribution in [2.24, 2.45) is 0 Å². The van der Waals surface area contributed by atoms with E-state index in [2.05, 4.69) is 47.5 Å². The molecule has 2 rings (SSSR count). The molecular formula is C15H18BrN3. The highest BCUT2D eigenvalue weighted by molar-refractivity contribution is 5.32. The first kappa shape index (κ1) is 15.5. The van der Waals surface area contributed by atoms with Gasteiger partial charge in [0.25, 0.3) is 5.82 Å². The minimum Gasteiger partial charge on any atom is -1.00 e. The summed E-state index contributed by atoms with van der Waals surface area (Å²) in [7, 11) is 0. The van der Waals surface area contributed by atoms with Crippen molar-refractivity contribution in [3.63, 3.8) is 0 Å². The van der Waals surface area contributed by atoms with Crippen LogP contribution in [0.25, 0.3) is 0 Å². The number of imidazole rings is 1. The van der Waals surface area contributed by atoms with E-state index in [0.717, 1.165) is 30.6 Å². The lowest BCUT2D eigenvalue weighted by atomic mass is 10.1. The molecule has 0 saturated heterocycles. The highest BCUT2D eigenvalue weighted by atomic mass is 79.9. The van der Waals surface area contributed by atoms with Gasteiger partial charge in [-0.25, -0.2) is 9.13 Å². The third-order valence-electron chi connectivity index (χ3n) is 3.13. The minimum absolute atomic E-state index is 0. The zero-order chi connectivity index (χ0) is 13.0. The van der Waals surface area contributed by atoms with E-state index in [0.29, 0.717) is 0 Å². The number of hydrogen-bond donors (Lipinski definition) is 0. The van der Waals surface area contributed by atoms with Gasteiger partial charge in [-0.1, -0.05) is 19.1 Å². The fraction of sp³-hybridized carbons (Fsp3) is 0.333. The molecule has 0 radical (unpaired) electrons. The molecule has 2 aromatic rings. The van der Waals surface area contributed by atoms with Crippen LogP contribution in [0.3, 0.4) is 0 Å². The second-order valence-corrected chi connectivity index (χ2v) is 4.48. The minimum atomic E-state index is 0. The fourth-order valence-corrected chi connectivity index (χ4v) is 2.12. The van der Waals surface area contributed by atoms with E-state index in [1.54, 1.807) is 0 Å². The summed E-state index contributed by atoms with van der Waals surface area (Å²) < 4.78 is 4.47. The lowest BCUT2D eigenvalue weighted by molar-refractivity contribution is -0.694. The summed E-state index contributed by atoms with van der Waals surface area (Å²) in [6.07, 6.45) is 5.36. The zero-order valence-corrected chi connectivity index (χ0v) is 12.9. The van der Waals surface area contributed by atoms with Crippen molar-refractivity contribution < 1.29 is 21.5 Å². The van der Waals surface area contributed by atoms with Crippen molar-refractivity contribution in [3.05, 3.63) is 53.6 Å². The Balaban J connectivity index is 0.00000180.